The van der Waals surface area contributed by atoms with E-state index in [9.17, 15) is 14.5 Å². The molecule has 0 aromatic heterocycles. The van der Waals surface area contributed by atoms with Crippen molar-refractivity contribution < 1.29 is 14.1 Å². The fourth-order valence-electron chi connectivity index (χ4n) is 1.83. The number of halogens is 1. The highest BCUT2D eigenvalue weighted by Crippen LogP contribution is 2.28. The molecule has 2 aromatic rings. The van der Waals surface area contributed by atoms with E-state index in [1.54, 1.807) is 13.0 Å². The van der Waals surface area contributed by atoms with Crippen LogP contribution in [-0.4, -0.2) is 4.92 Å². The van der Waals surface area contributed by atoms with Gasteiger partial charge in [-0.15, -0.1) is 0 Å². The minimum atomic E-state index is -0.603. The van der Waals surface area contributed by atoms with Crippen molar-refractivity contribution in [3.05, 3.63) is 69.0 Å². The number of hydrogen-bond donors (Lipinski definition) is 0. The van der Waals surface area contributed by atoms with E-state index in [2.05, 4.69) is 0 Å². The predicted octanol–water partition coefficient (Wildman–Crippen LogP) is 3.49. The first kappa shape index (κ1) is 14.5. The molecule has 0 bridgehead atoms. The molecule has 2 aromatic carbocycles. The Kier molecular flexibility index (Phi) is 4.14. The van der Waals surface area contributed by atoms with Gasteiger partial charge in [-0.25, -0.2) is 4.39 Å². The minimum absolute atomic E-state index is 0.0720. The van der Waals surface area contributed by atoms with Crippen molar-refractivity contribution in [3.63, 3.8) is 0 Å². The van der Waals surface area contributed by atoms with Crippen molar-refractivity contribution >= 4 is 5.69 Å². The topological polar surface area (TPSA) is 76.2 Å². The Balaban J connectivity index is 2.24. The summed E-state index contributed by atoms with van der Waals surface area (Å²) in [5, 5.41) is 19.7. The summed E-state index contributed by atoms with van der Waals surface area (Å²) < 4.78 is 18.4. The van der Waals surface area contributed by atoms with Gasteiger partial charge in [-0.2, -0.15) is 5.26 Å². The third kappa shape index (κ3) is 3.34. The number of hydrogen-bond acceptors (Lipinski definition) is 4. The Morgan fingerprint density at radius 1 is 1.33 bits per heavy atom. The Labute approximate surface area is 120 Å². The smallest absolute Gasteiger partial charge is 0.312 e. The molecule has 0 atom stereocenters. The van der Waals surface area contributed by atoms with Gasteiger partial charge in [-0.3, -0.25) is 10.1 Å². The van der Waals surface area contributed by atoms with Crippen LogP contribution in [0.15, 0.2) is 36.4 Å². The van der Waals surface area contributed by atoms with E-state index in [4.69, 9.17) is 10.00 Å². The molecule has 0 saturated heterocycles. The van der Waals surface area contributed by atoms with Crippen LogP contribution in [0.3, 0.4) is 0 Å². The zero-order valence-corrected chi connectivity index (χ0v) is 11.2. The lowest BCUT2D eigenvalue weighted by molar-refractivity contribution is -0.386. The summed E-state index contributed by atoms with van der Waals surface area (Å²) in [6.45, 7) is 1.81. The van der Waals surface area contributed by atoms with Gasteiger partial charge in [0.25, 0.3) is 0 Å². The number of ether oxygens (including phenoxy) is 1. The summed E-state index contributed by atoms with van der Waals surface area (Å²) >= 11 is 0. The summed E-state index contributed by atoms with van der Waals surface area (Å²) in [4.78, 5) is 10.4. The van der Waals surface area contributed by atoms with Gasteiger partial charge in [-0.1, -0.05) is 6.07 Å². The summed E-state index contributed by atoms with van der Waals surface area (Å²) in [6.07, 6.45) is 0. The number of nitro groups is 1. The van der Waals surface area contributed by atoms with E-state index in [1.807, 2.05) is 6.07 Å². The molecule has 5 nitrogen and oxygen atoms in total. The van der Waals surface area contributed by atoms with Crippen LogP contribution in [0, 0.1) is 34.2 Å². The lowest BCUT2D eigenvalue weighted by Gasteiger charge is -2.09. The number of aryl methyl sites for hydroxylation is 1. The van der Waals surface area contributed by atoms with Crippen LogP contribution in [0.5, 0.6) is 5.75 Å². The van der Waals surface area contributed by atoms with Crippen LogP contribution in [0.25, 0.3) is 0 Å². The molecule has 0 unspecified atom stereocenters. The molecule has 0 amide bonds. The normalized spacial score (nSPS) is 9.95. The highest BCUT2D eigenvalue weighted by Gasteiger charge is 2.16. The van der Waals surface area contributed by atoms with Crippen LogP contribution in [0.1, 0.15) is 16.7 Å². The van der Waals surface area contributed by atoms with Crippen LogP contribution in [0.4, 0.5) is 10.1 Å². The van der Waals surface area contributed by atoms with Gasteiger partial charge < -0.3 is 4.74 Å². The highest BCUT2D eigenvalue weighted by molar-refractivity contribution is 5.51. The Morgan fingerprint density at radius 3 is 2.71 bits per heavy atom. The highest BCUT2D eigenvalue weighted by atomic mass is 19.1. The van der Waals surface area contributed by atoms with Crippen molar-refractivity contribution in [2.24, 2.45) is 0 Å². The molecule has 0 aliphatic rings. The van der Waals surface area contributed by atoms with E-state index < -0.39 is 4.92 Å². The molecule has 0 aliphatic heterocycles. The van der Waals surface area contributed by atoms with Crippen LogP contribution >= 0.6 is 0 Å². The van der Waals surface area contributed by atoms with Crippen LogP contribution < -0.4 is 4.74 Å². The molecule has 0 aliphatic carbocycles. The fourth-order valence-corrected chi connectivity index (χ4v) is 1.83. The third-order valence-corrected chi connectivity index (χ3v) is 2.97. The molecule has 0 fully saturated rings. The Bertz CT molecular complexity index is 738. The number of rotatable bonds is 4. The third-order valence-electron chi connectivity index (χ3n) is 2.97. The van der Waals surface area contributed by atoms with Gasteiger partial charge in [0.05, 0.1) is 16.6 Å². The van der Waals surface area contributed by atoms with Gasteiger partial charge in [0, 0.05) is 6.07 Å². The largest absolute Gasteiger partial charge is 0.482 e. The zero-order chi connectivity index (χ0) is 15.4. The predicted molar refractivity (Wildman–Crippen MR) is 73.3 cm³/mol. The molecule has 6 heteroatoms. The minimum Gasteiger partial charge on any atom is -0.482 e. The monoisotopic (exact) mass is 286 g/mol. The average Bonchev–Trinajstić information content (AvgIpc) is 2.46. The van der Waals surface area contributed by atoms with E-state index in [-0.39, 0.29) is 29.4 Å². The molecule has 0 saturated carbocycles. The van der Waals surface area contributed by atoms with Crippen molar-refractivity contribution in [1.29, 1.82) is 5.26 Å². The first-order valence-electron chi connectivity index (χ1n) is 6.07. The van der Waals surface area contributed by atoms with Gasteiger partial charge in [-0.05, 0) is 42.3 Å². The maximum absolute atomic E-state index is 13.0. The van der Waals surface area contributed by atoms with Gasteiger partial charge in [0.15, 0.2) is 5.75 Å². The molecule has 0 spiro atoms. The SMILES string of the molecule is Cc1cc(F)ccc1COc1ccc(C#N)cc1[N+](=O)[O-]. The summed E-state index contributed by atoms with van der Waals surface area (Å²) in [5.74, 6) is -0.275. The lowest BCUT2D eigenvalue weighted by atomic mass is 10.1. The standard InChI is InChI=1S/C15H11FN2O3/c1-10-6-13(16)4-3-12(10)9-21-15-5-2-11(8-17)7-14(15)18(19)20/h2-7H,9H2,1H3. The zero-order valence-electron chi connectivity index (χ0n) is 11.2. The van der Waals surface area contributed by atoms with Crippen LogP contribution in [-0.2, 0) is 6.61 Å². The molecule has 0 N–H and O–H groups in total. The van der Waals surface area contributed by atoms with E-state index >= 15 is 0 Å². The maximum Gasteiger partial charge on any atom is 0.312 e. The molecule has 2 rings (SSSR count). The first-order chi connectivity index (χ1) is 10.0. The van der Waals surface area contributed by atoms with E-state index in [0.717, 1.165) is 11.6 Å². The number of nitrogens with zero attached hydrogens (tertiary/aromatic N) is 2. The number of nitriles is 1. The second-order valence-electron chi connectivity index (χ2n) is 4.41. The Hall–Kier alpha value is -2.94. The molecular formula is C15H11FN2O3. The molecule has 0 heterocycles. The van der Waals surface area contributed by atoms with Crippen molar-refractivity contribution in [3.8, 4) is 11.8 Å². The summed E-state index contributed by atoms with van der Waals surface area (Å²) in [7, 11) is 0. The van der Waals surface area contributed by atoms with Gasteiger partial charge >= 0.3 is 5.69 Å². The van der Waals surface area contributed by atoms with Crippen LogP contribution in [0.2, 0.25) is 0 Å². The van der Waals surface area contributed by atoms with E-state index in [1.165, 1.54) is 24.3 Å². The molecule has 106 valence electrons. The fraction of sp³-hybridized carbons (Fsp3) is 0.133. The quantitative estimate of drug-likeness (QED) is 0.636. The maximum atomic E-state index is 13.0. The van der Waals surface area contributed by atoms with Crippen molar-refractivity contribution in [1.82, 2.24) is 0 Å². The van der Waals surface area contributed by atoms with Crippen molar-refractivity contribution in [2.45, 2.75) is 13.5 Å². The molecule has 0 radical (unpaired) electrons. The van der Waals surface area contributed by atoms with Gasteiger partial charge in [0.2, 0.25) is 0 Å². The van der Waals surface area contributed by atoms with E-state index in [0.29, 0.717) is 5.56 Å². The molecule has 21 heavy (non-hydrogen) atoms. The molecular weight excluding hydrogens is 275 g/mol. The second kappa shape index (κ2) is 6.01. The number of benzene rings is 2. The summed E-state index contributed by atoms with van der Waals surface area (Å²) in [5.41, 5.74) is 1.35. The second-order valence-corrected chi connectivity index (χ2v) is 4.41. The first-order valence-corrected chi connectivity index (χ1v) is 6.07. The van der Waals surface area contributed by atoms with Crippen molar-refractivity contribution in [2.75, 3.05) is 0 Å². The summed E-state index contributed by atoms with van der Waals surface area (Å²) in [6, 6.07) is 10.1. The lowest BCUT2D eigenvalue weighted by Crippen LogP contribution is -2.01. The van der Waals surface area contributed by atoms with Gasteiger partial charge in [0.1, 0.15) is 12.4 Å². The number of nitro benzene ring substituents is 1. The average molecular weight is 286 g/mol. The Morgan fingerprint density at radius 2 is 2.10 bits per heavy atom.